The molecule has 2 aromatic rings. The zero-order valence-electron chi connectivity index (χ0n) is 20.2. The van der Waals surface area contributed by atoms with E-state index in [1.165, 1.54) is 31.5 Å². The molecule has 12 heteroatoms. The standard InChI is InChI=1S/C15H22N2OS.C7H10N2S.C2HF3O2/c1-2-5-14(6-3-1)15-7-4-8-17(13-15)19-16-9-11-18-12-10-16;1-10-7-4-6(5-8)2-3-9-7;3-2(4,5)1(6)7/h1-3,5-6,15H,4,7-13H2;2-4H,5,8H2,1H3;(H,6,7). The van der Waals surface area contributed by atoms with Crippen LogP contribution in [0.4, 0.5) is 13.2 Å². The lowest BCUT2D eigenvalue weighted by Gasteiger charge is -2.36. The van der Waals surface area contributed by atoms with Gasteiger partial charge in [0.25, 0.3) is 0 Å². The van der Waals surface area contributed by atoms with E-state index >= 15 is 0 Å². The van der Waals surface area contributed by atoms with Gasteiger partial charge in [-0.05, 0) is 48.3 Å². The molecule has 36 heavy (non-hydrogen) atoms. The summed E-state index contributed by atoms with van der Waals surface area (Å²) in [4.78, 5) is 13.0. The molecule has 1 atom stereocenters. The zero-order chi connectivity index (χ0) is 26.4. The van der Waals surface area contributed by atoms with E-state index in [1.54, 1.807) is 18.0 Å². The van der Waals surface area contributed by atoms with Crippen molar-refractivity contribution in [3.8, 4) is 0 Å². The number of carboxylic acids is 1. The van der Waals surface area contributed by atoms with Gasteiger partial charge in [-0.1, -0.05) is 30.3 Å². The van der Waals surface area contributed by atoms with Crippen molar-refractivity contribution in [3.05, 3.63) is 59.8 Å². The molecule has 0 bridgehead atoms. The summed E-state index contributed by atoms with van der Waals surface area (Å²) in [5, 5.41) is 8.16. The molecule has 3 N–H and O–H groups in total. The summed E-state index contributed by atoms with van der Waals surface area (Å²) in [5.41, 5.74) is 8.07. The zero-order valence-corrected chi connectivity index (χ0v) is 21.8. The molecule has 0 saturated carbocycles. The number of piperidine rings is 1. The number of rotatable bonds is 5. The van der Waals surface area contributed by atoms with Gasteiger partial charge >= 0.3 is 12.1 Å². The maximum absolute atomic E-state index is 10.6. The number of hydrogen-bond acceptors (Lipinski definition) is 8. The molecule has 0 aliphatic carbocycles. The maximum Gasteiger partial charge on any atom is 0.490 e. The number of thioether (sulfide) groups is 1. The highest BCUT2D eigenvalue weighted by molar-refractivity contribution is 7.98. The largest absolute Gasteiger partial charge is 0.490 e. The van der Waals surface area contributed by atoms with Crippen LogP contribution in [0.25, 0.3) is 0 Å². The number of aromatic nitrogens is 1. The van der Waals surface area contributed by atoms with E-state index in [0.717, 1.165) is 36.9 Å². The number of aliphatic carboxylic acids is 1. The van der Waals surface area contributed by atoms with Gasteiger partial charge in [0.2, 0.25) is 0 Å². The lowest BCUT2D eigenvalue weighted by molar-refractivity contribution is -0.192. The number of hydrogen-bond donors (Lipinski definition) is 2. The van der Waals surface area contributed by atoms with Crippen LogP contribution in [0.5, 0.6) is 0 Å². The molecule has 1 aromatic carbocycles. The van der Waals surface area contributed by atoms with Crippen molar-refractivity contribution in [2.24, 2.45) is 5.73 Å². The van der Waals surface area contributed by atoms with E-state index in [-0.39, 0.29) is 0 Å². The fourth-order valence-corrected chi connectivity index (χ4v) is 5.03. The van der Waals surface area contributed by atoms with Gasteiger partial charge in [0.15, 0.2) is 0 Å². The van der Waals surface area contributed by atoms with Crippen LogP contribution in [0.3, 0.4) is 0 Å². The topological polar surface area (TPSA) is 91.9 Å². The van der Waals surface area contributed by atoms with Crippen molar-refractivity contribution in [2.75, 3.05) is 45.6 Å². The normalized spacial score (nSPS) is 18.9. The number of carbonyl (C=O) groups is 1. The number of nitrogens with two attached hydrogens (primary N) is 1. The highest BCUT2D eigenvalue weighted by atomic mass is 32.2. The van der Waals surface area contributed by atoms with Gasteiger partial charge in [-0.25, -0.2) is 18.4 Å². The third kappa shape index (κ3) is 11.5. The van der Waals surface area contributed by atoms with Gasteiger partial charge in [-0.3, -0.25) is 0 Å². The number of pyridine rings is 1. The first-order valence-corrected chi connectivity index (χ1v) is 13.5. The fraction of sp³-hybridized carbons (Fsp3) is 0.500. The number of ether oxygens (including phenoxy) is 1. The molecular formula is C24H33F3N4O3S2. The number of halogens is 3. The Morgan fingerprint density at radius 1 is 1.17 bits per heavy atom. The summed E-state index contributed by atoms with van der Waals surface area (Å²) in [6.07, 6.45) is 1.33. The second-order valence-electron chi connectivity index (χ2n) is 7.97. The minimum absolute atomic E-state index is 0.593. The van der Waals surface area contributed by atoms with Crippen LogP contribution in [0.2, 0.25) is 0 Å². The monoisotopic (exact) mass is 546 g/mol. The van der Waals surface area contributed by atoms with E-state index in [1.807, 2.05) is 30.5 Å². The SMILES string of the molecule is CSc1cc(CN)ccn1.O=C(O)C(F)(F)F.c1ccc(C2CCCN(SN3CCOCC3)C2)cc1. The minimum Gasteiger partial charge on any atom is -0.475 e. The van der Waals surface area contributed by atoms with Gasteiger partial charge in [0.1, 0.15) is 0 Å². The molecular weight excluding hydrogens is 513 g/mol. The van der Waals surface area contributed by atoms with E-state index < -0.39 is 12.1 Å². The van der Waals surface area contributed by atoms with Crippen LogP contribution >= 0.6 is 23.9 Å². The molecule has 200 valence electrons. The van der Waals surface area contributed by atoms with Crippen molar-refractivity contribution in [3.63, 3.8) is 0 Å². The third-order valence-electron chi connectivity index (χ3n) is 5.34. The lowest BCUT2D eigenvalue weighted by Crippen LogP contribution is -2.37. The second-order valence-corrected chi connectivity index (χ2v) is 10.00. The van der Waals surface area contributed by atoms with Crippen molar-refractivity contribution < 1.29 is 27.8 Å². The Morgan fingerprint density at radius 3 is 2.42 bits per heavy atom. The molecule has 7 nitrogen and oxygen atoms in total. The molecule has 0 radical (unpaired) electrons. The van der Waals surface area contributed by atoms with Gasteiger partial charge in [0, 0.05) is 51.1 Å². The van der Waals surface area contributed by atoms with Crippen molar-refractivity contribution >= 4 is 29.9 Å². The minimum atomic E-state index is -5.08. The first kappa shape index (κ1) is 30.4. The molecule has 2 aliphatic heterocycles. The molecule has 2 saturated heterocycles. The Labute approximate surface area is 218 Å². The highest BCUT2D eigenvalue weighted by Gasteiger charge is 2.38. The van der Waals surface area contributed by atoms with Crippen LogP contribution in [-0.2, 0) is 16.1 Å². The van der Waals surface area contributed by atoms with Crippen LogP contribution < -0.4 is 5.73 Å². The molecule has 3 heterocycles. The molecule has 4 rings (SSSR count). The van der Waals surface area contributed by atoms with Crippen LogP contribution in [0.15, 0.2) is 53.7 Å². The van der Waals surface area contributed by atoms with Gasteiger partial charge in [-0.2, -0.15) is 13.2 Å². The van der Waals surface area contributed by atoms with E-state index in [0.29, 0.717) is 12.5 Å². The summed E-state index contributed by atoms with van der Waals surface area (Å²) >= 11 is 3.56. The predicted molar refractivity (Wildman–Crippen MR) is 138 cm³/mol. The summed E-state index contributed by atoms with van der Waals surface area (Å²) in [6, 6.07) is 14.9. The number of carboxylic acid groups (broad SMARTS) is 1. The number of nitrogens with zero attached hydrogens (tertiary/aromatic N) is 3. The number of morpholine rings is 1. The second kappa shape index (κ2) is 16.1. The Hall–Kier alpha value is -1.83. The molecule has 2 aliphatic rings. The van der Waals surface area contributed by atoms with Gasteiger partial charge in [0.05, 0.1) is 18.2 Å². The first-order chi connectivity index (χ1) is 17.2. The summed E-state index contributed by atoms with van der Waals surface area (Å²) in [6.45, 7) is 6.84. The van der Waals surface area contributed by atoms with Crippen LogP contribution in [0, 0.1) is 0 Å². The van der Waals surface area contributed by atoms with Crippen LogP contribution in [-0.4, -0.2) is 76.5 Å². The Morgan fingerprint density at radius 2 is 1.83 bits per heavy atom. The average molecular weight is 547 g/mol. The van der Waals surface area contributed by atoms with E-state index in [2.05, 4.69) is 43.9 Å². The summed E-state index contributed by atoms with van der Waals surface area (Å²) in [7, 11) is 0. The predicted octanol–water partition coefficient (Wildman–Crippen LogP) is 4.66. The van der Waals surface area contributed by atoms with Gasteiger partial charge in [-0.15, -0.1) is 11.8 Å². The molecule has 1 aromatic heterocycles. The first-order valence-electron chi connectivity index (χ1n) is 11.5. The van der Waals surface area contributed by atoms with Crippen molar-refractivity contribution in [1.82, 2.24) is 13.6 Å². The summed E-state index contributed by atoms with van der Waals surface area (Å²) in [5.74, 6) is -2.06. The Balaban J connectivity index is 0.000000225. The average Bonchev–Trinajstić information content (AvgIpc) is 2.90. The lowest BCUT2D eigenvalue weighted by atomic mass is 9.92. The van der Waals surface area contributed by atoms with Crippen LogP contribution in [0.1, 0.15) is 29.9 Å². The Bertz CT molecular complexity index is 884. The summed E-state index contributed by atoms with van der Waals surface area (Å²) < 4.78 is 42.1. The Kier molecular flexibility index (Phi) is 13.6. The molecule has 1 unspecified atom stereocenters. The van der Waals surface area contributed by atoms with E-state index in [4.69, 9.17) is 20.4 Å². The van der Waals surface area contributed by atoms with Crippen molar-refractivity contribution in [2.45, 2.75) is 36.5 Å². The molecule has 0 spiro atoms. The quantitative estimate of drug-likeness (QED) is 0.410. The number of alkyl halides is 3. The molecule has 2 fully saturated rings. The highest BCUT2D eigenvalue weighted by Crippen LogP contribution is 2.31. The smallest absolute Gasteiger partial charge is 0.475 e. The maximum atomic E-state index is 10.6. The van der Waals surface area contributed by atoms with E-state index in [9.17, 15) is 13.2 Å². The number of benzene rings is 1. The fourth-order valence-electron chi connectivity index (χ4n) is 3.49. The third-order valence-corrected chi connectivity index (χ3v) is 7.14. The molecule has 0 amide bonds. The van der Waals surface area contributed by atoms with Gasteiger partial charge < -0.3 is 15.6 Å². The van der Waals surface area contributed by atoms with Crippen molar-refractivity contribution in [1.29, 1.82) is 0 Å².